The van der Waals surface area contributed by atoms with Crippen LogP contribution in [-0.2, 0) is 26.2 Å². The van der Waals surface area contributed by atoms with Crippen LogP contribution >= 0.6 is 0 Å². The summed E-state index contributed by atoms with van der Waals surface area (Å²) in [6, 6.07) is 18.0. The number of hydrogen-bond acceptors (Lipinski definition) is 4. The summed E-state index contributed by atoms with van der Waals surface area (Å²) < 4.78 is 42.4. The molecule has 0 saturated heterocycles. The van der Waals surface area contributed by atoms with Gasteiger partial charge in [-0.2, -0.15) is 0 Å². The van der Waals surface area contributed by atoms with Crippen LogP contribution in [0, 0.1) is 19.7 Å². The van der Waals surface area contributed by atoms with Gasteiger partial charge in [-0.15, -0.1) is 0 Å². The lowest BCUT2D eigenvalue weighted by molar-refractivity contribution is -0.139. The summed E-state index contributed by atoms with van der Waals surface area (Å²) in [7, 11) is -4.13. The highest BCUT2D eigenvalue weighted by molar-refractivity contribution is 7.92. The van der Waals surface area contributed by atoms with Crippen LogP contribution in [0.1, 0.15) is 43.9 Å². The minimum absolute atomic E-state index is 0.000228. The van der Waals surface area contributed by atoms with E-state index in [2.05, 4.69) is 5.32 Å². The number of sulfonamides is 1. The molecule has 2 amide bonds. The molecule has 0 aliphatic heterocycles. The summed E-state index contributed by atoms with van der Waals surface area (Å²) >= 11 is 0. The zero-order valence-corrected chi connectivity index (χ0v) is 23.8. The molecule has 3 aromatic carbocycles. The Balaban J connectivity index is 2.05. The lowest BCUT2D eigenvalue weighted by Crippen LogP contribution is -2.52. The Labute approximate surface area is 230 Å². The van der Waals surface area contributed by atoms with Crippen LogP contribution in [0.25, 0.3) is 0 Å². The van der Waals surface area contributed by atoms with Gasteiger partial charge in [0.25, 0.3) is 10.0 Å². The second-order valence-electron chi connectivity index (χ2n) is 9.76. The smallest absolute Gasteiger partial charge is 0.264 e. The second kappa shape index (κ2) is 12.9. The minimum Gasteiger partial charge on any atom is -0.352 e. The van der Waals surface area contributed by atoms with Gasteiger partial charge in [0.1, 0.15) is 18.4 Å². The maximum Gasteiger partial charge on any atom is 0.264 e. The van der Waals surface area contributed by atoms with Crippen molar-refractivity contribution >= 4 is 27.5 Å². The largest absolute Gasteiger partial charge is 0.352 e. The predicted molar refractivity (Wildman–Crippen MR) is 151 cm³/mol. The molecular weight excluding hydrogens is 517 g/mol. The summed E-state index contributed by atoms with van der Waals surface area (Å²) in [6.45, 7) is 8.52. The fourth-order valence-corrected chi connectivity index (χ4v) is 5.55. The number of carbonyl (C=O) groups excluding carboxylic acids is 2. The van der Waals surface area contributed by atoms with Crippen LogP contribution in [0.3, 0.4) is 0 Å². The zero-order valence-electron chi connectivity index (χ0n) is 23.0. The zero-order chi connectivity index (χ0) is 28.7. The van der Waals surface area contributed by atoms with Crippen molar-refractivity contribution in [3.63, 3.8) is 0 Å². The van der Waals surface area contributed by atoms with E-state index in [1.807, 2.05) is 26.8 Å². The van der Waals surface area contributed by atoms with Crippen LogP contribution in [-0.4, -0.2) is 43.8 Å². The fourth-order valence-electron chi connectivity index (χ4n) is 4.06. The van der Waals surface area contributed by atoms with Crippen LogP contribution in [0.15, 0.2) is 77.7 Å². The Hall–Kier alpha value is -3.72. The molecule has 0 fully saturated rings. The van der Waals surface area contributed by atoms with Crippen LogP contribution < -0.4 is 9.62 Å². The quantitative estimate of drug-likeness (QED) is 0.363. The summed E-state index contributed by atoms with van der Waals surface area (Å²) in [4.78, 5) is 28.4. The van der Waals surface area contributed by atoms with Crippen molar-refractivity contribution in [2.24, 2.45) is 0 Å². The van der Waals surface area contributed by atoms with Crippen LogP contribution in [0.2, 0.25) is 0 Å². The van der Waals surface area contributed by atoms with Crippen molar-refractivity contribution in [2.75, 3.05) is 10.8 Å². The Bertz CT molecular complexity index is 1400. The van der Waals surface area contributed by atoms with E-state index in [9.17, 15) is 22.4 Å². The number of nitrogens with one attached hydrogen (secondary N) is 1. The van der Waals surface area contributed by atoms with E-state index in [1.165, 1.54) is 41.3 Å². The number of benzene rings is 3. The number of rotatable bonds is 11. The average molecular weight is 554 g/mol. The first-order valence-corrected chi connectivity index (χ1v) is 14.4. The number of anilines is 1. The van der Waals surface area contributed by atoms with Crippen molar-refractivity contribution in [3.8, 4) is 0 Å². The van der Waals surface area contributed by atoms with Gasteiger partial charge in [0.2, 0.25) is 11.8 Å². The molecule has 7 nitrogen and oxygen atoms in total. The molecular formula is C30H36FN3O4S. The maximum absolute atomic E-state index is 13.9. The standard InChI is InChI=1S/C30H36FN3O4S/c1-6-23(4)32-30(36)24(5)33(19-25-14-16-26(31)17-15-25)29(35)20-34(28-18-21(2)12-13-22(28)3)39(37,38)27-10-8-7-9-11-27/h7-18,23-24H,6,19-20H2,1-5H3,(H,32,36)/t23-,24+/m0/s1. The van der Waals surface area contributed by atoms with Crippen molar-refractivity contribution in [2.45, 2.75) is 64.6 Å². The first-order valence-electron chi connectivity index (χ1n) is 12.9. The number of halogens is 1. The van der Waals surface area contributed by atoms with Gasteiger partial charge < -0.3 is 10.2 Å². The van der Waals surface area contributed by atoms with Crippen LogP contribution in [0.5, 0.6) is 0 Å². The van der Waals surface area contributed by atoms with E-state index in [-0.39, 0.29) is 23.4 Å². The Morgan fingerprint density at radius 3 is 2.21 bits per heavy atom. The molecule has 208 valence electrons. The third-order valence-corrected chi connectivity index (χ3v) is 8.45. The van der Waals surface area contributed by atoms with Crippen molar-refractivity contribution in [1.29, 1.82) is 0 Å². The number of nitrogens with zero attached hydrogens (tertiary/aromatic N) is 2. The van der Waals surface area contributed by atoms with Gasteiger partial charge in [-0.25, -0.2) is 12.8 Å². The molecule has 0 spiro atoms. The molecule has 3 aromatic rings. The Morgan fingerprint density at radius 2 is 1.59 bits per heavy atom. The van der Waals surface area contributed by atoms with Gasteiger partial charge >= 0.3 is 0 Å². The van der Waals surface area contributed by atoms with E-state index in [0.717, 1.165) is 9.87 Å². The first-order chi connectivity index (χ1) is 18.4. The van der Waals surface area contributed by atoms with Crippen molar-refractivity contribution in [1.82, 2.24) is 10.2 Å². The third-order valence-electron chi connectivity index (χ3n) is 6.68. The highest BCUT2D eigenvalue weighted by atomic mass is 32.2. The van der Waals surface area contributed by atoms with Crippen molar-refractivity contribution < 1.29 is 22.4 Å². The van der Waals surface area contributed by atoms with Gasteiger partial charge in [-0.1, -0.05) is 49.4 Å². The Kier molecular flexibility index (Phi) is 9.86. The predicted octanol–water partition coefficient (Wildman–Crippen LogP) is 4.97. The molecule has 0 aromatic heterocycles. The summed E-state index contributed by atoms with van der Waals surface area (Å²) in [6.07, 6.45) is 0.708. The van der Waals surface area contributed by atoms with Crippen LogP contribution in [0.4, 0.5) is 10.1 Å². The number of aryl methyl sites for hydroxylation is 2. The molecule has 3 rings (SSSR count). The molecule has 0 aliphatic carbocycles. The molecule has 2 atom stereocenters. The number of carbonyl (C=O) groups is 2. The molecule has 0 heterocycles. The first kappa shape index (κ1) is 29.8. The molecule has 39 heavy (non-hydrogen) atoms. The molecule has 0 saturated carbocycles. The molecule has 0 radical (unpaired) electrons. The van der Waals surface area contributed by atoms with E-state index in [1.54, 1.807) is 44.2 Å². The third kappa shape index (κ3) is 7.44. The van der Waals surface area contributed by atoms with Crippen molar-refractivity contribution in [3.05, 3.63) is 95.3 Å². The second-order valence-corrected chi connectivity index (χ2v) is 11.6. The van der Waals surface area contributed by atoms with E-state index in [0.29, 0.717) is 23.2 Å². The SMILES string of the molecule is CC[C@H](C)NC(=O)[C@@H](C)N(Cc1ccc(F)cc1)C(=O)CN(c1cc(C)ccc1C)S(=O)(=O)c1ccccc1. The normalized spacial score (nSPS) is 12.9. The van der Waals surface area contributed by atoms with Gasteiger partial charge in [0, 0.05) is 12.6 Å². The van der Waals surface area contributed by atoms with Gasteiger partial charge in [0.05, 0.1) is 10.6 Å². The van der Waals surface area contributed by atoms with Gasteiger partial charge in [0.15, 0.2) is 0 Å². The summed E-state index contributed by atoms with van der Waals surface area (Å²) in [5.74, 6) is -1.34. The molecule has 1 N–H and O–H groups in total. The highest BCUT2D eigenvalue weighted by Crippen LogP contribution is 2.28. The molecule has 9 heteroatoms. The van der Waals surface area contributed by atoms with Gasteiger partial charge in [-0.05, 0) is 81.1 Å². The monoisotopic (exact) mass is 553 g/mol. The number of hydrogen-bond donors (Lipinski definition) is 1. The molecule has 0 aliphatic rings. The molecule has 0 bridgehead atoms. The highest BCUT2D eigenvalue weighted by Gasteiger charge is 2.33. The van der Waals surface area contributed by atoms with Gasteiger partial charge in [-0.3, -0.25) is 13.9 Å². The van der Waals surface area contributed by atoms with E-state index >= 15 is 0 Å². The number of amides is 2. The average Bonchev–Trinajstić information content (AvgIpc) is 2.92. The topological polar surface area (TPSA) is 86.8 Å². The fraction of sp³-hybridized carbons (Fsp3) is 0.333. The Morgan fingerprint density at radius 1 is 0.949 bits per heavy atom. The minimum atomic E-state index is -4.13. The van der Waals surface area contributed by atoms with E-state index in [4.69, 9.17) is 0 Å². The lowest BCUT2D eigenvalue weighted by Gasteiger charge is -2.33. The molecule has 0 unspecified atom stereocenters. The lowest BCUT2D eigenvalue weighted by atomic mass is 10.1. The summed E-state index contributed by atoms with van der Waals surface area (Å²) in [5.41, 5.74) is 2.50. The van der Waals surface area contributed by atoms with E-state index < -0.39 is 34.3 Å². The summed E-state index contributed by atoms with van der Waals surface area (Å²) in [5, 5.41) is 2.89. The maximum atomic E-state index is 13.9.